The van der Waals surface area contributed by atoms with E-state index >= 15 is 0 Å². The number of hydrogen-bond donors (Lipinski definition) is 0. The highest BCUT2D eigenvalue weighted by Gasteiger charge is 2.22. The van der Waals surface area contributed by atoms with E-state index in [1.54, 1.807) is 0 Å². The Balaban J connectivity index is 0.803. The van der Waals surface area contributed by atoms with Gasteiger partial charge in [0.1, 0.15) is 0 Å². The van der Waals surface area contributed by atoms with Crippen molar-refractivity contribution in [1.82, 2.24) is 33.9 Å². The molecule has 0 bridgehead atoms. The fourth-order valence-electron chi connectivity index (χ4n) is 12.2. The zero-order valence-electron chi connectivity index (χ0n) is 43.8. The molecule has 0 radical (unpaired) electrons. The highest BCUT2D eigenvalue weighted by molar-refractivity contribution is 6.12. The van der Waals surface area contributed by atoms with Gasteiger partial charge in [0, 0.05) is 66.2 Å². The van der Waals surface area contributed by atoms with Crippen molar-refractivity contribution in [1.29, 1.82) is 0 Å². The van der Waals surface area contributed by atoms with E-state index in [4.69, 9.17) is 20.2 Å². The van der Waals surface area contributed by atoms with E-state index in [-0.39, 0.29) is 0 Å². The first-order chi connectivity index (χ1) is 40.2. The third-order valence-electron chi connectivity index (χ3n) is 16.0. The van der Waals surface area contributed by atoms with Gasteiger partial charge < -0.3 is 9.13 Å². The van der Waals surface area contributed by atoms with Crippen LogP contribution in [0.3, 0.4) is 0 Å². The molecule has 0 N–H and O–H groups in total. The molecule has 16 rings (SSSR count). The lowest BCUT2D eigenvalue weighted by Crippen LogP contribution is -2.01. The topological polar surface area (TPSA) is 66.3 Å². The SMILES string of the molecule is c1ccc(-c2cc(-c3ccc(-n4c5ccccc5c5ccc(-c6nnc(-c7ccc8c9ccccc9n(-c9ccc(-c%10nc(-c%11ccccc%11)c%11ccccc%11n%10)cc9)c8c7)n6-c6ccccc6)cc54)cc3)cc3ccccc23)cc1. The lowest BCUT2D eigenvalue weighted by Gasteiger charge is -2.14. The van der Waals surface area contributed by atoms with Crippen molar-refractivity contribution in [3.63, 3.8) is 0 Å². The van der Waals surface area contributed by atoms with Crippen LogP contribution in [0.4, 0.5) is 0 Å². The fraction of sp³-hybridized carbons (Fsp3) is 0. The lowest BCUT2D eigenvalue weighted by molar-refractivity contribution is 1.07. The van der Waals surface area contributed by atoms with Crippen LogP contribution in [0.5, 0.6) is 0 Å². The minimum atomic E-state index is 0.685. The minimum Gasteiger partial charge on any atom is -0.309 e. The average Bonchev–Trinajstić information content (AvgIpc) is 4.45. The van der Waals surface area contributed by atoms with Crippen molar-refractivity contribution >= 4 is 65.3 Å². The molecule has 4 heterocycles. The Morgan fingerprint density at radius 2 is 0.704 bits per heavy atom. The maximum Gasteiger partial charge on any atom is 0.168 e. The summed E-state index contributed by atoms with van der Waals surface area (Å²) < 4.78 is 6.93. The molecule has 4 aromatic heterocycles. The predicted molar refractivity (Wildman–Crippen MR) is 333 cm³/mol. The second-order valence-electron chi connectivity index (χ2n) is 20.7. The molecule has 0 saturated heterocycles. The number of hydrogen-bond acceptors (Lipinski definition) is 4. The van der Waals surface area contributed by atoms with Gasteiger partial charge in [0.25, 0.3) is 0 Å². The number of benzene rings is 12. The van der Waals surface area contributed by atoms with Gasteiger partial charge in [-0.25, -0.2) is 9.97 Å². The fourth-order valence-corrected chi connectivity index (χ4v) is 12.2. The highest BCUT2D eigenvalue weighted by atomic mass is 15.3. The van der Waals surface area contributed by atoms with Crippen molar-refractivity contribution in [3.8, 4) is 84.7 Å². The normalized spacial score (nSPS) is 11.7. The van der Waals surface area contributed by atoms with Gasteiger partial charge in [0.05, 0.1) is 33.3 Å². The number of fused-ring (bicyclic) bond motifs is 8. The Labute approximate surface area is 466 Å². The molecule has 0 amide bonds. The van der Waals surface area contributed by atoms with Gasteiger partial charge in [-0.1, -0.05) is 194 Å². The maximum absolute atomic E-state index is 5.17. The van der Waals surface area contributed by atoms with Crippen molar-refractivity contribution in [2.24, 2.45) is 0 Å². The van der Waals surface area contributed by atoms with Gasteiger partial charge >= 0.3 is 0 Å². The molecule has 7 heteroatoms. The van der Waals surface area contributed by atoms with Gasteiger partial charge in [-0.3, -0.25) is 4.57 Å². The summed E-state index contributed by atoms with van der Waals surface area (Å²) in [5, 5.41) is 18.3. The number of aromatic nitrogens is 7. The molecule has 0 aliphatic carbocycles. The van der Waals surface area contributed by atoms with E-state index in [0.29, 0.717) is 5.82 Å². The second kappa shape index (κ2) is 18.9. The summed E-state index contributed by atoms with van der Waals surface area (Å²) in [6.07, 6.45) is 0. The van der Waals surface area contributed by atoms with Crippen molar-refractivity contribution < 1.29 is 0 Å². The highest BCUT2D eigenvalue weighted by Crippen LogP contribution is 2.41. The summed E-state index contributed by atoms with van der Waals surface area (Å²) in [6, 6.07) is 101. The molecule has 0 aliphatic rings. The second-order valence-corrected chi connectivity index (χ2v) is 20.7. The smallest absolute Gasteiger partial charge is 0.168 e. The predicted octanol–water partition coefficient (Wildman–Crippen LogP) is 18.6. The van der Waals surface area contributed by atoms with E-state index in [9.17, 15) is 0 Å². The van der Waals surface area contributed by atoms with E-state index < -0.39 is 0 Å². The summed E-state index contributed by atoms with van der Waals surface area (Å²) in [6.45, 7) is 0. The zero-order valence-corrected chi connectivity index (χ0v) is 43.8. The Kier molecular flexibility index (Phi) is 10.7. The molecule has 16 aromatic rings. The molecule has 0 spiro atoms. The van der Waals surface area contributed by atoms with Gasteiger partial charge in [-0.05, 0) is 124 Å². The summed E-state index contributed by atoms with van der Waals surface area (Å²) in [7, 11) is 0. The molecule has 378 valence electrons. The third kappa shape index (κ3) is 7.74. The van der Waals surface area contributed by atoms with Crippen LogP contribution in [0.2, 0.25) is 0 Å². The monoisotopic (exact) mass is 1030 g/mol. The van der Waals surface area contributed by atoms with Crippen LogP contribution < -0.4 is 0 Å². The first-order valence-electron chi connectivity index (χ1n) is 27.4. The first kappa shape index (κ1) is 46.1. The molecule has 7 nitrogen and oxygen atoms in total. The van der Waals surface area contributed by atoms with Crippen molar-refractivity contribution in [2.75, 3.05) is 0 Å². The molecule has 0 saturated carbocycles. The molecule has 12 aromatic carbocycles. The zero-order chi connectivity index (χ0) is 53.4. The van der Waals surface area contributed by atoms with Crippen molar-refractivity contribution in [3.05, 3.63) is 285 Å². The summed E-state index contributed by atoms with van der Waals surface area (Å²) >= 11 is 0. The molecule has 0 aliphatic heterocycles. The molecule has 0 fully saturated rings. The van der Waals surface area contributed by atoms with Crippen LogP contribution in [0, 0.1) is 0 Å². The Morgan fingerprint density at radius 1 is 0.247 bits per heavy atom. The molecule has 81 heavy (non-hydrogen) atoms. The van der Waals surface area contributed by atoms with Crippen LogP contribution in [-0.2, 0) is 0 Å². The largest absolute Gasteiger partial charge is 0.309 e. The number of rotatable bonds is 9. The summed E-state index contributed by atoms with van der Waals surface area (Å²) in [5.41, 5.74) is 18.0. The number of para-hydroxylation sites is 4. The standard InChI is InChI=1S/C74H47N7/c1-4-18-49(19-5-1)65-45-55(44-52-22-10-11-25-59(52)65)48-32-38-57(39-33-48)79-67-30-16-13-26-60(67)62-42-36-53(46-69(62)79)73-77-78-74(81(73)56-23-8-3-9-24-56)54-37-43-63-61-27-14-17-31-68(61)80(70(63)47-54)58-40-34-51(35-41-58)72-75-66-29-15-12-28-64(66)71(76-72)50-20-6-2-7-21-50/h1-47H. The van der Waals surface area contributed by atoms with E-state index in [1.807, 2.05) is 18.2 Å². The molecular weight excluding hydrogens is 987 g/mol. The molecular formula is C74H47N7. The van der Waals surface area contributed by atoms with Crippen LogP contribution in [0.15, 0.2) is 285 Å². The van der Waals surface area contributed by atoms with Crippen LogP contribution in [0.1, 0.15) is 0 Å². The average molecular weight is 1030 g/mol. The van der Waals surface area contributed by atoms with Crippen molar-refractivity contribution in [2.45, 2.75) is 0 Å². The minimum absolute atomic E-state index is 0.685. The van der Waals surface area contributed by atoms with Gasteiger partial charge in [-0.2, -0.15) is 0 Å². The van der Waals surface area contributed by atoms with Crippen LogP contribution >= 0.6 is 0 Å². The third-order valence-corrected chi connectivity index (χ3v) is 16.0. The van der Waals surface area contributed by atoms with Gasteiger partial charge in [0.2, 0.25) is 0 Å². The Morgan fingerprint density at radius 3 is 1.31 bits per heavy atom. The Hall–Kier alpha value is -11.0. The van der Waals surface area contributed by atoms with Crippen LogP contribution in [-0.4, -0.2) is 33.9 Å². The lowest BCUT2D eigenvalue weighted by atomic mass is 9.93. The number of nitrogens with zero attached hydrogens (tertiary/aromatic N) is 7. The molecule has 0 unspecified atom stereocenters. The summed E-state index contributed by atoms with van der Waals surface area (Å²) in [5.74, 6) is 2.18. The van der Waals surface area contributed by atoms with E-state index in [2.05, 4.69) is 281 Å². The van der Waals surface area contributed by atoms with Gasteiger partial charge in [0.15, 0.2) is 17.5 Å². The van der Waals surface area contributed by atoms with E-state index in [1.165, 1.54) is 43.6 Å². The maximum atomic E-state index is 5.17. The van der Waals surface area contributed by atoms with Crippen LogP contribution in [0.25, 0.3) is 150 Å². The quantitative estimate of drug-likeness (QED) is 0.144. The summed E-state index contributed by atoms with van der Waals surface area (Å²) in [4.78, 5) is 10.2. The first-order valence-corrected chi connectivity index (χ1v) is 27.4. The van der Waals surface area contributed by atoms with E-state index in [0.717, 1.165) is 101 Å². The van der Waals surface area contributed by atoms with Gasteiger partial charge in [-0.15, -0.1) is 10.2 Å². The Bertz CT molecular complexity index is 4780. The molecule has 0 atom stereocenters.